The van der Waals surface area contributed by atoms with Gasteiger partial charge in [-0.05, 0) is 32.3 Å². The number of hydrogen-bond donors (Lipinski definition) is 2. The summed E-state index contributed by atoms with van der Waals surface area (Å²) in [4.78, 5) is 0. The Morgan fingerprint density at radius 3 is 2.55 bits per heavy atom. The Morgan fingerprint density at radius 2 is 1.95 bits per heavy atom. The minimum absolute atomic E-state index is 0.0779. The first-order valence-corrected chi connectivity index (χ1v) is 7.20. The largest absolute Gasteiger partial charge is 0.396 e. The van der Waals surface area contributed by atoms with E-state index in [0.29, 0.717) is 17.9 Å². The van der Waals surface area contributed by atoms with Crippen molar-refractivity contribution < 1.29 is 5.11 Å². The second-order valence-electron chi connectivity index (χ2n) is 5.82. The zero-order valence-electron chi connectivity index (χ0n) is 12.2. The molecule has 0 aromatic carbocycles. The van der Waals surface area contributed by atoms with Crippen LogP contribution in [0.25, 0.3) is 0 Å². The molecule has 1 saturated carbocycles. The lowest BCUT2D eigenvalue weighted by molar-refractivity contribution is 0.0943. The summed E-state index contributed by atoms with van der Waals surface area (Å²) in [6.45, 7) is 4.56. The Balaban J connectivity index is 2.14. The second-order valence-corrected chi connectivity index (χ2v) is 5.82. The normalized spacial score (nSPS) is 17.5. The number of nitrogens with one attached hydrogen (secondary N) is 1. The van der Waals surface area contributed by atoms with Crippen LogP contribution in [-0.4, -0.2) is 28.5 Å². The molecule has 0 atom stereocenters. The van der Waals surface area contributed by atoms with Crippen molar-refractivity contribution in [2.45, 2.75) is 46.0 Å². The number of aliphatic hydroxyl groups is 1. The fourth-order valence-electron chi connectivity index (χ4n) is 2.83. The van der Waals surface area contributed by atoms with E-state index in [1.54, 1.807) is 0 Å². The lowest BCUT2D eigenvalue weighted by Crippen LogP contribution is -2.36. The Morgan fingerprint density at radius 1 is 1.25 bits per heavy atom. The van der Waals surface area contributed by atoms with E-state index >= 15 is 0 Å². The Kier molecular flexibility index (Phi) is 4.56. The summed E-state index contributed by atoms with van der Waals surface area (Å²) in [6.07, 6.45) is 5.61. The minimum Gasteiger partial charge on any atom is -0.396 e. The number of aromatic nitrogens is 2. The van der Waals surface area contributed by atoms with Gasteiger partial charge in [0.2, 0.25) is 0 Å². The van der Waals surface area contributed by atoms with Gasteiger partial charge in [0.15, 0.2) is 5.82 Å². The quantitative estimate of drug-likeness (QED) is 0.880. The third kappa shape index (κ3) is 2.91. The van der Waals surface area contributed by atoms with Crippen molar-refractivity contribution >= 4 is 5.82 Å². The van der Waals surface area contributed by atoms with E-state index in [-0.39, 0.29) is 12.0 Å². The highest BCUT2D eigenvalue weighted by Crippen LogP contribution is 2.36. The molecule has 108 valence electrons. The SMILES string of the molecule is Cc1nnc(NCC2(CO)CCCCC2)c(C#N)c1C. The first kappa shape index (κ1) is 14.7. The standard InChI is InChI=1S/C15H22N4O/c1-11-12(2)18-19-14(13(11)8-16)17-9-15(10-20)6-4-3-5-7-15/h20H,3-7,9-10H2,1-2H3,(H,17,19). The number of rotatable bonds is 4. The second kappa shape index (κ2) is 6.19. The number of aliphatic hydroxyl groups excluding tert-OH is 1. The van der Waals surface area contributed by atoms with Gasteiger partial charge in [-0.25, -0.2) is 0 Å². The molecule has 1 heterocycles. The highest BCUT2D eigenvalue weighted by atomic mass is 16.3. The van der Waals surface area contributed by atoms with Crippen LogP contribution in [0, 0.1) is 30.6 Å². The molecule has 1 aliphatic carbocycles. The van der Waals surface area contributed by atoms with Crippen molar-refractivity contribution in [3.05, 3.63) is 16.8 Å². The third-order valence-electron chi connectivity index (χ3n) is 4.45. The van der Waals surface area contributed by atoms with Gasteiger partial charge in [-0.3, -0.25) is 0 Å². The summed E-state index contributed by atoms with van der Waals surface area (Å²) < 4.78 is 0. The monoisotopic (exact) mass is 274 g/mol. The Labute approximate surface area is 120 Å². The van der Waals surface area contributed by atoms with Gasteiger partial charge in [-0.1, -0.05) is 19.3 Å². The van der Waals surface area contributed by atoms with Gasteiger partial charge in [0.1, 0.15) is 11.6 Å². The first-order valence-electron chi connectivity index (χ1n) is 7.20. The maximum Gasteiger partial charge on any atom is 0.166 e. The van der Waals surface area contributed by atoms with Crippen molar-refractivity contribution in [2.75, 3.05) is 18.5 Å². The van der Waals surface area contributed by atoms with Crippen molar-refractivity contribution in [1.29, 1.82) is 5.26 Å². The van der Waals surface area contributed by atoms with E-state index in [4.69, 9.17) is 0 Å². The first-order chi connectivity index (χ1) is 9.62. The highest BCUT2D eigenvalue weighted by Gasteiger charge is 2.31. The van der Waals surface area contributed by atoms with E-state index in [0.717, 1.165) is 36.9 Å². The Hall–Kier alpha value is -1.67. The summed E-state index contributed by atoms with van der Waals surface area (Å²) in [7, 11) is 0. The van der Waals surface area contributed by atoms with Gasteiger partial charge >= 0.3 is 0 Å². The number of aryl methyl sites for hydroxylation is 1. The van der Waals surface area contributed by atoms with E-state index in [1.165, 1.54) is 6.42 Å². The summed E-state index contributed by atoms with van der Waals surface area (Å²) >= 11 is 0. The molecule has 0 amide bonds. The molecule has 0 aliphatic heterocycles. The van der Waals surface area contributed by atoms with Crippen LogP contribution in [0.15, 0.2) is 0 Å². The van der Waals surface area contributed by atoms with Crippen molar-refractivity contribution in [3.63, 3.8) is 0 Å². The Bertz CT molecular complexity index is 515. The summed E-state index contributed by atoms with van der Waals surface area (Å²) in [5.41, 5.74) is 2.13. The van der Waals surface area contributed by atoms with E-state index in [2.05, 4.69) is 21.6 Å². The molecule has 2 N–H and O–H groups in total. The number of nitriles is 1. The van der Waals surface area contributed by atoms with Gasteiger partial charge < -0.3 is 10.4 Å². The van der Waals surface area contributed by atoms with Crippen LogP contribution in [0.3, 0.4) is 0 Å². The van der Waals surface area contributed by atoms with Crippen molar-refractivity contribution in [2.24, 2.45) is 5.41 Å². The molecule has 1 aliphatic rings. The van der Waals surface area contributed by atoms with Crippen LogP contribution in [0.4, 0.5) is 5.82 Å². The van der Waals surface area contributed by atoms with Crippen LogP contribution in [0.2, 0.25) is 0 Å². The van der Waals surface area contributed by atoms with Gasteiger partial charge in [0.25, 0.3) is 0 Å². The predicted octanol–water partition coefficient (Wildman–Crippen LogP) is 2.32. The summed E-state index contributed by atoms with van der Waals surface area (Å²) in [6, 6.07) is 2.20. The van der Waals surface area contributed by atoms with Gasteiger partial charge in [-0.15, -0.1) is 5.10 Å². The highest BCUT2D eigenvalue weighted by molar-refractivity contribution is 5.55. The molecule has 0 radical (unpaired) electrons. The molecule has 1 fully saturated rings. The summed E-state index contributed by atoms with van der Waals surface area (Å²) in [5.74, 6) is 0.536. The van der Waals surface area contributed by atoms with E-state index in [9.17, 15) is 10.4 Å². The molecule has 1 aromatic rings. The van der Waals surface area contributed by atoms with Crippen LogP contribution >= 0.6 is 0 Å². The zero-order valence-corrected chi connectivity index (χ0v) is 12.2. The molecule has 0 unspecified atom stereocenters. The topological polar surface area (TPSA) is 81.8 Å². The van der Waals surface area contributed by atoms with Crippen molar-refractivity contribution in [3.8, 4) is 6.07 Å². The number of nitrogens with zero attached hydrogens (tertiary/aromatic N) is 3. The van der Waals surface area contributed by atoms with Gasteiger partial charge in [-0.2, -0.15) is 10.4 Å². The zero-order chi connectivity index (χ0) is 14.6. The van der Waals surface area contributed by atoms with Crippen LogP contribution in [0.5, 0.6) is 0 Å². The molecule has 0 spiro atoms. The smallest absolute Gasteiger partial charge is 0.166 e. The molecule has 0 saturated heterocycles. The predicted molar refractivity (Wildman–Crippen MR) is 77.3 cm³/mol. The van der Waals surface area contributed by atoms with Gasteiger partial charge in [0.05, 0.1) is 12.3 Å². The molecular formula is C15H22N4O. The van der Waals surface area contributed by atoms with Crippen molar-refractivity contribution in [1.82, 2.24) is 10.2 Å². The molecule has 5 nitrogen and oxygen atoms in total. The van der Waals surface area contributed by atoms with E-state index < -0.39 is 0 Å². The average Bonchev–Trinajstić information content (AvgIpc) is 2.49. The lowest BCUT2D eigenvalue weighted by Gasteiger charge is -2.35. The minimum atomic E-state index is -0.0779. The van der Waals surface area contributed by atoms with Crippen LogP contribution < -0.4 is 5.32 Å². The van der Waals surface area contributed by atoms with Crippen LogP contribution in [-0.2, 0) is 0 Å². The summed E-state index contributed by atoms with van der Waals surface area (Å²) in [5, 5.41) is 30.4. The lowest BCUT2D eigenvalue weighted by atomic mass is 9.74. The molecule has 5 heteroatoms. The molecule has 1 aromatic heterocycles. The third-order valence-corrected chi connectivity index (χ3v) is 4.45. The maximum atomic E-state index is 9.70. The van der Waals surface area contributed by atoms with Crippen LogP contribution in [0.1, 0.15) is 48.9 Å². The molecule has 2 rings (SSSR count). The van der Waals surface area contributed by atoms with Gasteiger partial charge in [0, 0.05) is 12.0 Å². The molecule has 20 heavy (non-hydrogen) atoms. The maximum absolute atomic E-state index is 9.70. The molecular weight excluding hydrogens is 252 g/mol. The van der Waals surface area contributed by atoms with E-state index in [1.807, 2.05) is 13.8 Å². The molecule has 0 bridgehead atoms. The number of hydrogen-bond acceptors (Lipinski definition) is 5. The average molecular weight is 274 g/mol. The fourth-order valence-corrected chi connectivity index (χ4v) is 2.83. The number of anilines is 1. The fraction of sp³-hybridized carbons (Fsp3) is 0.667.